The molecule has 0 aromatic heterocycles. The molecule has 0 radical (unpaired) electrons. The van der Waals surface area contributed by atoms with Crippen LogP contribution in [0.25, 0.3) is 0 Å². The zero-order chi connectivity index (χ0) is 18.9. The molecule has 4 rings (SSSR count). The van der Waals surface area contributed by atoms with Crippen LogP contribution in [0, 0.1) is 5.92 Å². The molecule has 1 fully saturated rings. The molecule has 2 aromatic carbocycles. The lowest BCUT2D eigenvalue weighted by molar-refractivity contribution is -0.151. The number of benzene rings is 2. The van der Waals surface area contributed by atoms with Crippen LogP contribution in [0.1, 0.15) is 57.3 Å². The highest BCUT2D eigenvalue weighted by Gasteiger charge is 2.48. The molecule has 0 unspecified atom stereocenters. The maximum Gasteiger partial charge on any atom is 0.167 e. The van der Waals surface area contributed by atoms with Gasteiger partial charge in [0.05, 0.1) is 18.8 Å². The first kappa shape index (κ1) is 18.4. The van der Waals surface area contributed by atoms with Gasteiger partial charge in [-0.15, -0.1) is 0 Å². The van der Waals surface area contributed by atoms with Crippen molar-refractivity contribution < 1.29 is 14.2 Å². The van der Waals surface area contributed by atoms with Crippen molar-refractivity contribution in [2.45, 2.75) is 64.3 Å². The van der Waals surface area contributed by atoms with Gasteiger partial charge in [-0.3, -0.25) is 0 Å². The van der Waals surface area contributed by atoms with E-state index in [2.05, 4.69) is 56.3 Å². The van der Waals surface area contributed by atoms with E-state index < -0.39 is 0 Å². The molecule has 0 saturated carbocycles. The van der Waals surface area contributed by atoms with Crippen molar-refractivity contribution >= 4 is 0 Å². The fraction of sp³-hybridized carbons (Fsp3) is 0.500. The van der Waals surface area contributed by atoms with Crippen molar-refractivity contribution in [3.63, 3.8) is 0 Å². The van der Waals surface area contributed by atoms with Gasteiger partial charge < -0.3 is 14.2 Å². The monoisotopic (exact) mass is 366 g/mol. The van der Waals surface area contributed by atoms with Crippen molar-refractivity contribution in [2.75, 3.05) is 6.61 Å². The van der Waals surface area contributed by atoms with Crippen LogP contribution in [0.4, 0.5) is 0 Å². The lowest BCUT2D eigenvalue weighted by Gasteiger charge is -2.49. The number of hydrogen-bond donors (Lipinski definition) is 0. The van der Waals surface area contributed by atoms with Gasteiger partial charge in [0.2, 0.25) is 0 Å². The van der Waals surface area contributed by atoms with Crippen molar-refractivity contribution in [3.05, 3.63) is 59.7 Å². The van der Waals surface area contributed by atoms with E-state index in [9.17, 15) is 0 Å². The van der Waals surface area contributed by atoms with Gasteiger partial charge in [0.15, 0.2) is 11.5 Å². The molecule has 0 bridgehead atoms. The molecular weight excluding hydrogens is 336 g/mol. The molecule has 27 heavy (non-hydrogen) atoms. The highest BCUT2D eigenvalue weighted by atomic mass is 16.5. The standard InChI is InChI=1S/C24H30O3/c1-4-25-21-12-8-11-19-22-20(24(2,3)27-23(19)21)16-15-18(26-22)14-13-17-9-6-5-7-10-17/h5-12,18,20,22H,4,13-16H2,1-3H3/t18-,20-,22+/m0/s1. The largest absolute Gasteiger partial charge is 0.490 e. The first-order valence-electron chi connectivity index (χ1n) is 10.2. The molecule has 0 aliphatic carbocycles. The number of rotatable bonds is 5. The Morgan fingerprint density at radius 2 is 1.85 bits per heavy atom. The van der Waals surface area contributed by atoms with Gasteiger partial charge in [-0.25, -0.2) is 0 Å². The second-order valence-corrected chi connectivity index (χ2v) is 8.20. The topological polar surface area (TPSA) is 27.7 Å². The first-order valence-corrected chi connectivity index (χ1v) is 10.2. The van der Waals surface area contributed by atoms with E-state index >= 15 is 0 Å². The summed E-state index contributed by atoms with van der Waals surface area (Å²) in [4.78, 5) is 0. The summed E-state index contributed by atoms with van der Waals surface area (Å²) in [6.45, 7) is 7.01. The lowest BCUT2D eigenvalue weighted by atomic mass is 9.75. The third-order valence-corrected chi connectivity index (χ3v) is 5.98. The van der Waals surface area contributed by atoms with Crippen LogP contribution in [0.2, 0.25) is 0 Å². The summed E-state index contributed by atoms with van der Waals surface area (Å²) in [7, 11) is 0. The Balaban J connectivity index is 1.55. The van der Waals surface area contributed by atoms with Crippen LogP contribution in [0.5, 0.6) is 11.5 Å². The zero-order valence-electron chi connectivity index (χ0n) is 16.6. The molecule has 0 N–H and O–H groups in total. The van der Waals surface area contributed by atoms with Crippen LogP contribution < -0.4 is 9.47 Å². The summed E-state index contributed by atoms with van der Waals surface area (Å²) >= 11 is 0. The summed E-state index contributed by atoms with van der Waals surface area (Å²) in [5.74, 6) is 2.07. The molecule has 0 amide bonds. The average molecular weight is 367 g/mol. The maximum absolute atomic E-state index is 6.67. The van der Waals surface area contributed by atoms with E-state index in [-0.39, 0.29) is 11.7 Å². The average Bonchev–Trinajstić information content (AvgIpc) is 2.68. The number of aryl methyl sites for hydroxylation is 1. The van der Waals surface area contributed by atoms with Crippen LogP contribution in [-0.4, -0.2) is 18.3 Å². The highest BCUT2D eigenvalue weighted by molar-refractivity contribution is 5.50. The Bertz CT molecular complexity index is 768. The fourth-order valence-electron chi connectivity index (χ4n) is 4.55. The molecule has 3 nitrogen and oxygen atoms in total. The summed E-state index contributed by atoms with van der Waals surface area (Å²) in [5, 5.41) is 0. The molecule has 2 aliphatic rings. The molecule has 0 spiro atoms. The van der Waals surface area contributed by atoms with Crippen molar-refractivity contribution in [1.82, 2.24) is 0 Å². The summed E-state index contributed by atoms with van der Waals surface area (Å²) in [6.07, 6.45) is 4.74. The van der Waals surface area contributed by atoms with E-state index in [1.165, 1.54) is 5.56 Å². The van der Waals surface area contributed by atoms with Crippen molar-refractivity contribution in [1.29, 1.82) is 0 Å². The first-order chi connectivity index (χ1) is 13.1. The van der Waals surface area contributed by atoms with Crippen LogP contribution in [0.15, 0.2) is 48.5 Å². The van der Waals surface area contributed by atoms with E-state index in [0.29, 0.717) is 18.6 Å². The second kappa shape index (κ2) is 7.55. The number of hydrogen-bond acceptors (Lipinski definition) is 3. The van der Waals surface area contributed by atoms with E-state index in [1.807, 2.05) is 13.0 Å². The SMILES string of the molecule is CCOc1cccc2c1OC(C)(C)[C@H]1CC[C@H](CCc3ccccc3)O[C@H]21. The van der Waals surface area contributed by atoms with Gasteiger partial charge in [0, 0.05) is 11.5 Å². The van der Waals surface area contributed by atoms with Crippen molar-refractivity contribution in [3.8, 4) is 11.5 Å². The van der Waals surface area contributed by atoms with Gasteiger partial charge in [0.25, 0.3) is 0 Å². The Kier molecular flexibility index (Phi) is 5.14. The van der Waals surface area contributed by atoms with Gasteiger partial charge >= 0.3 is 0 Å². The smallest absolute Gasteiger partial charge is 0.167 e. The quantitative estimate of drug-likeness (QED) is 0.677. The third-order valence-electron chi connectivity index (χ3n) is 5.98. The molecule has 3 atom stereocenters. The summed E-state index contributed by atoms with van der Waals surface area (Å²) in [5.41, 5.74) is 2.28. The van der Waals surface area contributed by atoms with Crippen LogP contribution >= 0.6 is 0 Å². The normalized spacial score (nSPS) is 25.8. The molecule has 144 valence electrons. The second-order valence-electron chi connectivity index (χ2n) is 8.20. The molecule has 2 aromatic rings. The minimum Gasteiger partial charge on any atom is -0.490 e. The number of ether oxygens (including phenoxy) is 3. The molecule has 2 aliphatic heterocycles. The van der Waals surface area contributed by atoms with Crippen LogP contribution in [-0.2, 0) is 11.2 Å². The van der Waals surface area contributed by atoms with Gasteiger partial charge in [-0.2, -0.15) is 0 Å². The Morgan fingerprint density at radius 3 is 2.63 bits per heavy atom. The Hall–Kier alpha value is -2.00. The third kappa shape index (κ3) is 3.70. The number of para-hydroxylation sites is 1. The fourth-order valence-corrected chi connectivity index (χ4v) is 4.55. The van der Waals surface area contributed by atoms with E-state index in [4.69, 9.17) is 14.2 Å². The predicted octanol–water partition coefficient (Wildman–Crippen LogP) is 5.73. The molecular formula is C24H30O3. The zero-order valence-corrected chi connectivity index (χ0v) is 16.6. The van der Waals surface area contributed by atoms with Crippen LogP contribution in [0.3, 0.4) is 0 Å². The van der Waals surface area contributed by atoms with E-state index in [1.54, 1.807) is 0 Å². The Morgan fingerprint density at radius 1 is 1.04 bits per heavy atom. The summed E-state index contributed by atoms with van der Waals surface area (Å²) in [6, 6.07) is 16.9. The number of fused-ring (bicyclic) bond motifs is 3. The van der Waals surface area contributed by atoms with Gasteiger partial charge in [0.1, 0.15) is 5.60 Å². The maximum atomic E-state index is 6.67. The highest BCUT2D eigenvalue weighted by Crippen LogP contribution is 2.53. The van der Waals surface area contributed by atoms with E-state index in [0.717, 1.165) is 42.7 Å². The minimum absolute atomic E-state index is 0.0821. The predicted molar refractivity (Wildman–Crippen MR) is 107 cm³/mol. The molecule has 3 heteroatoms. The molecule has 1 saturated heterocycles. The summed E-state index contributed by atoms with van der Waals surface area (Å²) < 4.78 is 18.9. The van der Waals surface area contributed by atoms with Gasteiger partial charge in [-0.1, -0.05) is 42.5 Å². The molecule has 2 heterocycles. The van der Waals surface area contributed by atoms with Gasteiger partial charge in [-0.05, 0) is 58.1 Å². The Labute approximate surface area is 162 Å². The van der Waals surface area contributed by atoms with Crippen molar-refractivity contribution in [2.24, 2.45) is 5.92 Å². The lowest BCUT2D eigenvalue weighted by Crippen LogP contribution is -2.48. The minimum atomic E-state index is -0.255.